The average Bonchev–Trinajstić information content (AvgIpc) is 2.76. The number of nitrogens with two attached hydrogens (primary N) is 1. The highest BCUT2D eigenvalue weighted by Crippen LogP contribution is 2.32. The van der Waals surface area contributed by atoms with Crippen molar-refractivity contribution in [3.05, 3.63) is 28.0 Å². The van der Waals surface area contributed by atoms with Crippen molar-refractivity contribution in [3.63, 3.8) is 0 Å². The van der Waals surface area contributed by atoms with Crippen LogP contribution in [0.3, 0.4) is 0 Å². The molecule has 5 heteroatoms. The first-order chi connectivity index (χ1) is 8.56. The lowest BCUT2D eigenvalue weighted by Crippen LogP contribution is -2.35. The monoisotopic (exact) mass is 285 g/mol. The van der Waals surface area contributed by atoms with Gasteiger partial charge in [-0.2, -0.15) is 0 Å². The molecule has 0 saturated carbocycles. The maximum Gasteiger partial charge on any atom is 0.114 e. The first-order valence-electron chi connectivity index (χ1n) is 6.11. The van der Waals surface area contributed by atoms with Gasteiger partial charge in [0.2, 0.25) is 0 Å². The molecule has 0 amide bonds. The Morgan fingerprint density at radius 3 is 2.39 bits per heavy atom. The summed E-state index contributed by atoms with van der Waals surface area (Å²) in [6.45, 7) is 4.83. The van der Waals surface area contributed by atoms with Gasteiger partial charge in [0.25, 0.3) is 0 Å². The van der Waals surface area contributed by atoms with Gasteiger partial charge >= 0.3 is 0 Å². The van der Waals surface area contributed by atoms with Crippen LogP contribution in [-0.2, 0) is 5.41 Å². The van der Waals surface area contributed by atoms with Crippen molar-refractivity contribution in [2.45, 2.75) is 32.1 Å². The van der Waals surface area contributed by atoms with E-state index in [1.165, 1.54) is 0 Å². The molecule has 2 aromatic rings. The standard InChI is InChI=1S/C13H17Cl2N3/c1-3-13(4-2,7-16)12-17-10-5-8(14)9(15)6-11(10)18-12/h5-6H,3-4,7,16H2,1-2H3,(H,17,18). The molecule has 0 aliphatic carbocycles. The van der Waals surface area contributed by atoms with Crippen molar-refractivity contribution in [2.24, 2.45) is 5.73 Å². The lowest BCUT2D eigenvalue weighted by molar-refractivity contribution is 0.387. The summed E-state index contributed by atoms with van der Waals surface area (Å²) in [5.74, 6) is 0.920. The van der Waals surface area contributed by atoms with Gasteiger partial charge in [0.15, 0.2) is 0 Å². The molecular weight excluding hydrogens is 269 g/mol. The molecule has 0 fully saturated rings. The second kappa shape index (κ2) is 5.08. The van der Waals surface area contributed by atoms with Gasteiger partial charge in [-0.3, -0.25) is 0 Å². The molecule has 0 aliphatic heterocycles. The van der Waals surface area contributed by atoms with Gasteiger partial charge in [-0.1, -0.05) is 37.0 Å². The molecule has 18 heavy (non-hydrogen) atoms. The molecule has 3 N–H and O–H groups in total. The van der Waals surface area contributed by atoms with Crippen LogP contribution < -0.4 is 5.73 Å². The molecule has 1 heterocycles. The number of hydrogen-bond donors (Lipinski definition) is 2. The average molecular weight is 286 g/mol. The van der Waals surface area contributed by atoms with E-state index < -0.39 is 0 Å². The summed E-state index contributed by atoms with van der Waals surface area (Å²) in [7, 11) is 0. The van der Waals surface area contributed by atoms with E-state index in [9.17, 15) is 0 Å². The molecule has 1 aromatic heterocycles. The minimum absolute atomic E-state index is 0.0992. The van der Waals surface area contributed by atoms with Gasteiger partial charge in [-0.25, -0.2) is 4.98 Å². The number of aromatic amines is 1. The molecule has 0 radical (unpaired) electrons. The Balaban J connectivity index is 2.59. The molecule has 1 aromatic carbocycles. The van der Waals surface area contributed by atoms with E-state index in [0.29, 0.717) is 16.6 Å². The Labute approximate surface area is 117 Å². The van der Waals surface area contributed by atoms with Crippen LogP contribution in [0.1, 0.15) is 32.5 Å². The molecule has 0 bridgehead atoms. The number of nitrogens with one attached hydrogen (secondary N) is 1. The van der Waals surface area contributed by atoms with Crippen molar-refractivity contribution in [1.82, 2.24) is 9.97 Å². The van der Waals surface area contributed by atoms with Crippen molar-refractivity contribution in [3.8, 4) is 0 Å². The normalized spacial score (nSPS) is 12.3. The second-order valence-electron chi connectivity index (χ2n) is 4.56. The fourth-order valence-electron chi connectivity index (χ4n) is 2.23. The van der Waals surface area contributed by atoms with Crippen LogP contribution in [0.4, 0.5) is 0 Å². The van der Waals surface area contributed by atoms with Gasteiger partial charge < -0.3 is 10.7 Å². The van der Waals surface area contributed by atoms with Crippen LogP contribution >= 0.6 is 23.2 Å². The smallest absolute Gasteiger partial charge is 0.114 e. The summed E-state index contributed by atoms with van der Waals surface area (Å²) < 4.78 is 0. The van der Waals surface area contributed by atoms with Crippen LogP contribution in [0.5, 0.6) is 0 Å². The minimum atomic E-state index is -0.0992. The fraction of sp³-hybridized carbons (Fsp3) is 0.462. The van der Waals surface area contributed by atoms with E-state index in [1.54, 1.807) is 6.07 Å². The lowest BCUT2D eigenvalue weighted by Gasteiger charge is -2.27. The largest absolute Gasteiger partial charge is 0.341 e. The third kappa shape index (κ3) is 2.11. The fourth-order valence-corrected chi connectivity index (χ4v) is 2.55. The highest BCUT2D eigenvalue weighted by molar-refractivity contribution is 6.42. The number of H-pyrrole nitrogens is 1. The number of halogens is 2. The third-order valence-corrected chi connectivity index (χ3v) is 4.49. The first-order valence-corrected chi connectivity index (χ1v) is 6.87. The van der Waals surface area contributed by atoms with Crippen LogP contribution in [-0.4, -0.2) is 16.5 Å². The quantitative estimate of drug-likeness (QED) is 0.896. The van der Waals surface area contributed by atoms with Crippen LogP contribution in [0, 0.1) is 0 Å². The molecule has 2 rings (SSSR count). The highest BCUT2D eigenvalue weighted by Gasteiger charge is 2.30. The maximum atomic E-state index is 6.01. The molecule has 98 valence electrons. The summed E-state index contributed by atoms with van der Waals surface area (Å²) in [5.41, 5.74) is 7.57. The Morgan fingerprint density at radius 1 is 1.22 bits per heavy atom. The molecule has 0 spiro atoms. The number of imidazole rings is 1. The topological polar surface area (TPSA) is 54.7 Å². The predicted octanol–water partition coefficient (Wildman–Crippen LogP) is 3.89. The predicted molar refractivity (Wildman–Crippen MR) is 77.4 cm³/mol. The molecular formula is C13H17Cl2N3. The number of benzene rings is 1. The number of fused-ring (bicyclic) bond motifs is 1. The molecule has 0 saturated heterocycles. The number of hydrogen-bond acceptors (Lipinski definition) is 2. The molecule has 0 aliphatic rings. The maximum absolute atomic E-state index is 6.01. The summed E-state index contributed by atoms with van der Waals surface area (Å²) in [5, 5.41) is 1.05. The van der Waals surface area contributed by atoms with Crippen molar-refractivity contribution in [2.75, 3.05) is 6.54 Å². The summed E-state index contributed by atoms with van der Waals surface area (Å²) in [6.07, 6.45) is 1.89. The Bertz CT molecular complexity index is 511. The van der Waals surface area contributed by atoms with Crippen molar-refractivity contribution < 1.29 is 0 Å². The van der Waals surface area contributed by atoms with Gasteiger partial charge in [-0.05, 0) is 25.0 Å². The van der Waals surface area contributed by atoms with Crippen LogP contribution in [0.25, 0.3) is 11.0 Å². The van der Waals surface area contributed by atoms with Crippen molar-refractivity contribution in [1.29, 1.82) is 0 Å². The van der Waals surface area contributed by atoms with E-state index >= 15 is 0 Å². The second-order valence-corrected chi connectivity index (χ2v) is 5.37. The van der Waals surface area contributed by atoms with E-state index in [1.807, 2.05) is 6.07 Å². The van der Waals surface area contributed by atoms with Crippen LogP contribution in [0.2, 0.25) is 10.0 Å². The summed E-state index contributed by atoms with van der Waals surface area (Å²) in [4.78, 5) is 7.94. The molecule has 0 unspecified atom stereocenters. The number of nitrogens with zero attached hydrogens (tertiary/aromatic N) is 1. The molecule has 0 atom stereocenters. The Morgan fingerprint density at radius 2 is 1.83 bits per heavy atom. The third-order valence-electron chi connectivity index (χ3n) is 3.77. The summed E-state index contributed by atoms with van der Waals surface area (Å²) in [6, 6.07) is 3.59. The number of aromatic nitrogens is 2. The van der Waals surface area contributed by atoms with Gasteiger partial charge in [0.1, 0.15) is 5.82 Å². The molecule has 3 nitrogen and oxygen atoms in total. The minimum Gasteiger partial charge on any atom is -0.341 e. The zero-order valence-corrected chi connectivity index (χ0v) is 12.1. The zero-order valence-electron chi connectivity index (χ0n) is 10.6. The van der Waals surface area contributed by atoms with Gasteiger partial charge in [-0.15, -0.1) is 0 Å². The van der Waals surface area contributed by atoms with Crippen LogP contribution in [0.15, 0.2) is 12.1 Å². The highest BCUT2D eigenvalue weighted by atomic mass is 35.5. The Hall–Kier alpha value is -0.770. The lowest BCUT2D eigenvalue weighted by atomic mass is 9.82. The van der Waals surface area contributed by atoms with Crippen molar-refractivity contribution >= 4 is 34.2 Å². The van der Waals surface area contributed by atoms with E-state index in [0.717, 1.165) is 29.7 Å². The van der Waals surface area contributed by atoms with Gasteiger partial charge in [0.05, 0.1) is 21.1 Å². The number of rotatable bonds is 4. The van der Waals surface area contributed by atoms with E-state index in [4.69, 9.17) is 28.9 Å². The van der Waals surface area contributed by atoms with E-state index in [2.05, 4.69) is 23.8 Å². The SMILES string of the molecule is CCC(CC)(CN)c1nc2cc(Cl)c(Cl)cc2[nH]1. The Kier molecular flexibility index (Phi) is 3.85. The summed E-state index contributed by atoms with van der Waals surface area (Å²) >= 11 is 12.0. The zero-order chi connectivity index (χ0) is 13.3. The van der Waals surface area contributed by atoms with E-state index in [-0.39, 0.29) is 5.41 Å². The van der Waals surface area contributed by atoms with Gasteiger partial charge in [0, 0.05) is 12.0 Å². The first kappa shape index (κ1) is 13.7.